The lowest BCUT2D eigenvalue weighted by atomic mass is 10.2. The Morgan fingerprint density at radius 3 is 2.95 bits per heavy atom. The van der Waals surface area contributed by atoms with E-state index in [1.54, 1.807) is 18.2 Å². The van der Waals surface area contributed by atoms with Crippen LogP contribution in [-0.2, 0) is 4.79 Å². The van der Waals surface area contributed by atoms with Crippen molar-refractivity contribution in [3.05, 3.63) is 28.2 Å². The van der Waals surface area contributed by atoms with E-state index in [1.807, 2.05) is 0 Å². The molecular weight excluding hydrogens is 309 g/mol. The van der Waals surface area contributed by atoms with Gasteiger partial charge in [-0.1, -0.05) is 30.1 Å². The molecule has 1 aromatic rings. The second-order valence-electron chi connectivity index (χ2n) is 5.29. The van der Waals surface area contributed by atoms with Crippen LogP contribution in [0.4, 0.5) is 5.69 Å². The normalized spacial score (nSPS) is 18.2. The molecule has 4 nitrogen and oxygen atoms in total. The van der Waals surface area contributed by atoms with Gasteiger partial charge in [-0.15, -0.1) is 0 Å². The van der Waals surface area contributed by atoms with Crippen LogP contribution in [0, 0.1) is 0 Å². The van der Waals surface area contributed by atoms with Crippen LogP contribution in [0.15, 0.2) is 18.2 Å². The van der Waals surface area contributed by atoms with Gasteiger partial charge in [-0.2, -0.15) is 0 Å². The minimum Gasteiger partial charge on any atom is -0.324 e. The molecule has 1 heterocycles. The number of anilines is 1. The van der Waals surface area contributed by atoms with Gasteiger partial charge in [-0.05, 0) is 44.1 Å². The van der Waals surface area contributed by atoms with Crippen molar-refractivity contribution in [2.45, 2.75) is 25.8 Å². The molecule has 0 saturated carbocycles. The minimum atomic E-state index is -0.0560. The molecule has 0 aliphatic carbocycles. The molecule has 1 aliphatic rings. The molecule has 6 heteroatoms. The highest BCUT2D eigenvalue weighted by molar-refractivity contribution is 6.35. The number of rotatable bonds is 6. The van der Waals surface area contributed by atoms with Crippen molar-refractivity contribution in [2.75, 3.05) is 31.5 Å². The Morgan fingerprint density at radius 1 is 1.48 bits per heavy atom. The molecule has 2 rings (SSSR count). The maximum Gasteiger partial charge on any atom is 0.238 e. The van der Waals surface area contributed by atoms with Gasteiger partial charge in [0.15, 0.2) is 0 Å². The molecule has 2 N–H and O–H groups in total. The van der Waals surface area contributed by atoms with Crippen LogP contribution in [0.5, 0.6) is 0 Å². The Morgan fingerprint density at radius 2 is 2.29 bits per heavy atom. The Kier molecular flexibility index (Phi) is 6.30. The smallest absolute Gasteiger partial charge is 0.238 e. The molecule has 1 amide bonds. The highest BCUT2D eigenvalue weighted by Crippen LogP contribution is 2.25. The average Bonchev–Trinajstić information content (AvgIpc) is 2.96. The molecule has 1 aromatic carbocycles. The van der Waals surface area contributed by atoms with Gasteiger partial charge in [0, 0.05) is 17.6 Å². The summed E-state index contributed by atoms with van der Waals surface area (Å²) in [5.41, 5.74) is 0.565. The number of carbonyl (C=O) groups excluding carboxylic acids is 1. The summed E-state index contributed by atoms with van der Waals surface area (Å²) in [5.74, 6) is -0.0560. The Balaban J connectivity index is 1.96. The van der Waals surface area contributed by atoms with Gasteiger partial charge in [0.1, 0.15) is 0 Å². The van der Waals surface area contributed by atoms with Crippen molar-refractivity contribution in [1.29, 1.82) is 0 Å². The third-order valence-corrected chi connectivity index (χ3v) is 4.18. The third kappa shape index (κ3) is 4.85. The molecule has 21 heavy (non-hydrogen) atoms. The first-order valence-electron chi connectivity index (χ1n) is 7.30. The fraction of sp³-hybridized carbons (Fsp3) is 0.533. The Bertz CT molecular complexity index is 490. The molecular formula is C15H21Cl2N3O. The molecule has 116 valence electrons. The zero-order chi connectivity index (χ0) is 15.2. The summed E-state index contributed by atoms with van der Waals surface area (Å²) >= 11 is 12.0. The monoisotopic (exact) mass is 329 g/mol. The minimum absolute atomic E-state index is 0.0560. The van der Waals surface area contributed by atoms with Crippen molar-refractivity contribution in [3.8, 4) is 0 Å². The summed E-state index contributed by atoms with van der Waals surface area (Å²) in [5, 5.41) is 7.24. The molecule has 0 radical (unpaired) electrons. The number of halogens is 2. The number of nitrogens with one attached hydrogen (secondary N) is 2. The van der Waals surface area contributed by atoms with E-state index in [-0.39, 0.29) is 5.91 Å². The zero-order valence-electron chi connectivity index (χ0n) is 12.2. The quantitative estimate of drug-likeness (QED) is 0.843. The molecule has 0 spiro atoms. The van der Waals surface area contributed by atoms with Crippen LogP contribution in [0.2, 0.25) is 10.0 Å². The van der Waals surface area contributed by atoms with Gasteiger partial charge in [0.2, 0.25) is 5.91 Å². The largest absolute Gasteiger partial charge is 0.324 e. The molecule has 0 bridgehead atoms. The van der Waals surface area contributed by atoms with Gasteiger partial charge in [-0.3, -0.25) is 9.69 Å². The number of hydrogen-bond donors (Lipinski definition) is 2. The summed E-state index contributed by atoms with van der Waals surface area (Å²) in [6.07, 6.45) is 2.12. The summed E-state index contributed by atoms with van der Waals surface area (Å²) in [4.78, 5) is 14.5. The Hall–Kier alpha value is -0.810. The Labute approximate surface area is 135 Å². The van der Waals surface area contributed by atoms with E-state index in [1.165, 1.54) is 0 Å². The predicted octanol–water partition coefficient (Wildman–Crippen LogP) is 3.01. The highest BCUT2D eigenvalue weighted by atomic mass is 35.5. The van der Waals surface area contributed by atoms with Gasteiger partial charge >= 0.3 is 0 Å². The molecule has 1 unspecified atom stereocenters. The summed E-state index contributed by atoms with van der Waals surface area (Å²) < 4.78 is 0. The maximum absolute atomic E-state index is 12.2. The summed E-state index contributed by atoms with van der Waals surface area (Å²) in [6, 6.07) is 5.49. The molecule has 1 aliphatic heterocycles. The number of benzene rings is 1. The van der Waals surface area contributed by atoms with E-state index in [9.17, 15) is 4.79 Å². The maximum atomic E-state index is 12.2. The fourth-order valence-electron chi connectivity index (χ4n) is 2.60. The van der Waals surface area contributed by atoms with Crippen LogP contribution >= 0.6 is 23.2 Å². The topological polar surface area (TPSA) is 44.4 Å². The van der Waals surface area contributed by atoms with E-state index in [0.29, 0.717) is 28.3 Å². The van der Waals surface area contributed by atoms with Gasteiger partial charge in [0.05, 0.1) is 17.3 Å². The van der Waals surface area contributed by atoms with Crippen molar-refractivity contribution < 1.29 is 4.79 Å². The SMILES string of the molecule is CCCN(CC(=O)Nc1cc(Cl)ccc1Cl)C1CCNC1. The number of hydrogen-bond acceptors (Lipinski definition) is 3. The van der Waals surface area contributed by atoms with Crippen LogP contribution in [0.25, 0.3) is 0 Å². The lowest BCUT2D eigenvalue weighted by molar-refractivity contribution is -0.117. The number of carbonyl (C=O) groups is 1. The lowest BCUT2D eigenvalue weighted by Gasteiger charge is -2.27. The lowest BCUT2D eigenvalue weighted by Crippen LogP contribution is -2.42. The van der Waals surface area contributed by atoms with Gasteiger partial charge in [-0.25, -0.2) is 0 Å². The van der Waals surface area contributed by atoms with Crippen LogP contribution in [0.1, 0.15) is 19.8 Å². The zero-order valence-corrected chi connectivity index (χ0v) is 13.7. The number of nitrogens with zero attached hydrogens (tertiary/aromatic N) is 1. The predicted molar refractivity (Wildman–Crippen MR) is 88.2 cm³/mol. The van der Waals surface area contributed by atoms with E-state index in [2.05, 4.69) is 22.5 Å². The second-order valence-corrected chi connectivity index (χ2v) is 6.13. The van der Waals surface area contributed by atoms with Crippen molar-refractivity contribution >= 4 is 34.8 Å². The fourth-order valence-corrected chi connectivity index (χ4v) is 2.93. The third-order valence-electron chi connectivity index (χ3n) is 3.61. The highest BCUT2D eigenvalue weighted by Gasteiger charge is 2.23. The van der Waals surface area contributed by atoms with E-state index >= 15 is 0 Å². The van der Waals surface area contributed by atoms with Crippen LogP contribution < -0.4 is 10.6 Å². The molecule has 0 aromatic heterocycles. The van der Waals surface area contributed by atoms with Crippen LogP contribution in [-0.4, -0.2) is 43.0 Å². The first-order valence-corrected chi connectivity index (χ1v) is 8.05. The standard InChI is InChI=1S/C15H21Cl2N3O/c1-2-7-20(12-5-6-18-9-12)10-15(21)19-14-8-11(16)3-4-13(14)17/h3-4,8,12,18H,2,5-7,9-10H2,1H3,(H,19,21). The molecule has 1 saturated heterocycles. The van der Waals surface area contributed by atoms with Crippen LogP contribution in [0.3, 0.4) is 0 Å². The first-order chi connectivity index (χ1) is 10.1. The van der Waals surface area contributed by atoms with E-state index in [4.69, 9.17) is 23.2 Å². The molecule has 1 fully saturated rings. The van der Waals surface area contributed by atoms with Crippen molar-refractivity contribution in [3.63, 3.8) is 0 Å². The van der Waals surface area contributed by atoms with E-state index in [0.717, 1.165) is 32.5 Å². The first kappa shape index (κ1) is 16.6. The van der Waals surface area contributed by atoms with Crippen molar-refractivity contribution in [2.24, 2.45) is 0 Å². The summed E-state index contributed by atoms with van der Waals surface area (Å²) in [6.45, 7) is 5.39. The average molecular weight is 330 g/mol. The second kappa shape index (κ2) is 7.99. The van der Waals surface area contributed by atoms with Gasteiger partial charge in [0.25, 0.3) is 0 Å². The van der Waals surface area contributed by atoms with E-state index < -0.39 is 0 Å². The molecule has 1 atom stereocenters. The van der Waals surface area contributed by atoms with Crippen molar-refractivity contribution in [1.82, 2.24) is 10.2 Å². The summed E-state index contributed by atoms with van der Waals surface area (Å²) in [7, 11) is 0. The number of amides is 1. The van der Waals surface area contributed by atoms with Gasteiger partial charge < -0.3 is 10.6 Å².